The standard InChI is InChI=1S/C10H13N3O2/c1-6-4-9(11-7(2)14)13-10(5-6)12-8(3)15/h4-5H,1-3H3,(H2,11,12,13,14,15). The van der Waals surface area contributed by atoms with Crippen molar-refractivity contribution < 1.29 is 9.59 Å². The minimum absolute atomic E-state index is 0.193. The van der Waals surface area contributed by atoms with E-state index in [0.717, 1.165) is 5.56 Å². The van der Waals surface area contributed by atoms with Crippen molar-refractivity contribution in [2.75, 3.05) is 10.6 Å². The molecule has 0 aliphatic carbocycles. The fourth-order valence-electron chi connectivity index (χ4n) is 1.16. The molecule has 1 aromatic rings. The fraction of sp³-hybridized carbons (Fsp3) is 0.300. The molecule has 0 radical (unpaired) electrons. The molecule has 0 spiro atoms. The van der Waals surface area contributed by atoms with Crippen LogP contribution in [0.1, 0.15) is 19.4 Å². The van der Waals surface area contributed by atoms with Gasteiger partial charge in [0.05, 0.1) is 0 Å². The van der Waals surface area contributed by atoms with Crippen LogP contribution in [-0.2, 0) is 9.59 Å². The van der Waals surface area contributed by atoms with E-state index in [9.17, 15) is 9.59 Å². The average Bonchev–Trinajstić information content (AvgIpc) is 1.98. The highest BCUT2D eigenvalue weighted by Crippen LogP contribution is 2.13. The molecule has 0 saturated carbocycles. The van der Waals surface area contributed by atoms with Crippen molar-refractivity contribution in [3.8, 4) is 0 Å². The lowest BCUT2D eigenvalue weighted by atomic mass is 10.3. The molecule has 0 unspecified atom stereocenters. The molecule has 15 heavy (non-hydrogen) atoms. The van der Waals surface area contributed by atoms with Gasteiger partial charge in [-0.25, -0.2) is 4.98 Å². The number of carbonyl (C=O) groups is 2. The second kappa shape index (κ2) is 4.54. The third kappa shape index (κ3) is 3.76. The number of rotatable bonds is 2. The molecule has 1 aromatic heterocycles. The quantitative estimate of drug-likeness (QED) is 0.768. The van der Waals surface area contributed by atoms with Crippen molar-refractivity contribution in [2.24, 2.45) is 0 Å². The summed E-state index contributed by atoms with van der Waals surface area (Å²) in [5.74, 6) is 0.487. The molecule has 5 heteroatoms. The molecule has 1 rings (SSSR count). The largest absolute Gasteiger partial charge is 0.311 e. The number of anilines is 2. The summed E-state index contributed by atoms with van der Waals surface area (Å²) in [6.45, 7) is 4.67. The monoisotopic (exact) mass is 207 g/mol. The van der Waals surface area contributed by atoms with Crippen molar-refractivity contribution in [3.63, 3.8) is 0 Å². The maximum atomic E-state index is 10.8. The molecule has 2 amide bonds. The molecule has 0 atom stereocenters. The lowest BCUT2D eigenvalue weighted by molar-refractivity contribution is -0.115. The molecule has 5 nitrogen and oxygen atoms in total. The number of hydrogen-bond acceptors (Lipinski definition) is 3. The van der Waals surface area contributed by atoms with Crippen LogP contribution >= 0.6 is 0 Å². The lowest BCUT2D eigenvalue weighted by Crippen LogP contribution is -2.11. The molecule has 0 fully saturated rings. The molecule has 0 aliphatic heterocycles. The van der Waals surface area contributed by atoms with Gasteiger partial charge in [-0.1, -0.05) is 0 Å². The van der Waals surface area contributed by atoms with Gasteiger partial charge in [-0.15, -0.1) is 0 Å². The van der Waals surface area contributed by atoms with Crippen molar-refractivity contribution in [1.82, 2.24) is 4.98 Å². The second-order valence-corrected chi connectivity index (χ2v) is 3.28. The third-order valence-corrected chi connectivity index (χ3v) is 1.58. The van der Waals surface area contributed by atoms with Gasteiger partial charge in [0.2, 0.25) is 11.8 Å². The van der Waals surface area contributed by atoms with Crippen molar-refractivity contribution in [3.05, 3.63) is 17.7 Å². The van der Waals surface area contributed by atoms with Crippen LogP contribution in [0.15, 0.2) is 12.1 Å². The van der Waals surface area contributed by atoms with Gasteiger partial charge in [0.15, 0.2) is 0 Å². The zero-order chi connectivity index (χ0) is 11.4. The van der Waals surface area contributed by atoms with Gasteiger partial charge in [-0.05, 0) is 24.6 Å². The summed E-state index contributed by atoms with van der Waals surface area (Å²) in [4.78, 5) is 25.7. The molecular weight excluding hydrogens is 194 g/mol. The Labute approximate surface area is 87.9 Å². The van der Waals surface area contributed by atoms with Gasteiger partial charge in [-0.2, -0.15) is 0 Å². The van der Waals surface area contributed by atoms with Gasteiger partial charge in [0, 0.05) is 13.8 Å². The van der Waals surface area contributed by atoms with Crippen LogP contribution < -0.4 is 10.6 Å². The summed E-state index contributed by atoms with van der Waals surface area (Å²) in [6.07, 6.45) is 0. The Morgan fingerprint density at radius 1 is 1.07 bits per heavy atom. The predicted molar refractivity (Wildman–Crippen MR) is 57.6 cm³/mol. The second-order valence-electron chi connectivity index (χ2n) is 3.28. The third-order valence-electron chi connectivity index (χ3n) is 1.58. The highest BCUT2D eigenvalue weighted by Gasteiger charge is 2.02. The van der Waals surface area contributed by atoms with E-state index in [1.54, 1.807) is 12.1 Å². The summed E-state index contributed by atoms with van der Waals surface area (Å²) in [5, 5.41) is 5.12. The van der Waals surface area contributed by atoms with Crippen molar-refractivity contribution in [2.45, 2.75) is 20.8 Å². The van der Waals surface area contributed by atoms with E-state index in [0.29, 0.717) is 11.6 Å². The van der Waals surface area contributed by atoms with Crippen LogP contribution in [0, 0.1) is 6.92 Å². The Balaban J connectivity index is 2.94. The molecule has 80 valence electrons. The summed E-state index contributed by atoms with van der Waals surface area (Å²) in [7, 11) is 0. The first-order chi connectivity index (χ1) is 6.97. The highest BCUT2D eigenvalue weighted by molar-refractivity contribution is 5.90. The SMILES string of the molecule is CC(=O)Nc1cc(C)cc(NC(C)=O)n1. The van der Waals surface area contributed by atoms with Crippen molar-refractivity contribution >= 4 is 23.5 Å². The van der Waals surface area contributed by atoms with E-state index < -0.39 is 0 Å². The molecule has 0 aromatic carbocycles. The van der Waals surface area contributed by atoms with E-state index in [1.807, 2.05) is 6.92 Å². The van der Waals surface area contributed by atoms with E-state index >= 15 is 0 Å². The number of carbonyl (C=O) groups excluding carboxylic acids is 2. The number of nitrogens with zero attached hydrogens (tertiary/aromatic N) is 1. The van der Waals surface area contributed by atoms with Gasteiger partial charge in [0.25, 0.3) is 0 Å². The highest BCUT2D eigenvalue weighted by atomic mass is 16.2. The Morgan fingerprint density at radius 3 is 1.80 bits per heavy atom. The molecule has 1 heterocycles. The minimum atomic E-state index is -0.193. The molecule has 2 N–H and O–H groups in total. The normalized spacial score (nSPS) is 9.53. The first kappa shape index (κ1) is 11.2. The Bertz CT molecular complexity index is 367. The van der Waals surface area contributed by atoms with Crippen LogP contribution in [0.2, 0.25) is 0 Å². The van der Waals surface area contributed by atoms with Gasteiger partial charge in [-0.3, -0.25) is 9.59 Å². The fourth-order valence-corrected chi connectivity index (χ4v) is 1.16. The first-order valence-corrected chi connectivity index (χ1v) is 4.51. The topological polar surface area (TPSA) is 71.1 Å². The van der Waals surface area contributed by atoms with E-state index in [-0.39, 0.29) is 11.8 Å². The van der Waals surface area contributed by atoms with Gasteiger partial charge in [0.1, 0.15) is 11.6 Å². The first-order valence-electron chi connectivity index (χ1n) is 4.51. The summed E-state index contributed by atoms with van der Waals surface area (Å²) < 4.78 is 0. The summed E-state index contributed by atoms with van der Waals surface area (Å²) >= 11 is 0. The number of aryl methyl sites for hydroxylation is 1. The van der Waals surface area contributed by atoms with Gasteiger partial charge < -0.3 is 10.6 Å². The average molecular weight is 207 g/mol. The molecular formula is C10H13N3O2. The number of nitrogens with one attached hydrogen (secondary N) is 2. The zero-order valence-electron chi connectivity index (χ0n) is 8.92. The number of hydrogen-bond donors (Lipinski definition) is 2. The maximum absolute atomic E-state index is 10.8. The molecule has 0 aliphatic rings. The summed E-state index contributed by atoms with van der Waals surface area (Å²) in [6, 6.07) is 3.46. The number of amides is 2. The maximum Gasteiger partial charge on any atom is 0.222 e. The predicted octanol–water partition coefficient (Wildman–Crippen LogP) is 1.31. The van der Waals surface area contributed by atoms with Crippen LogP contribution in [0.3, 0.4) is 0 Å². The van der Waals surface area contributed by atoms with Crippen molar-refractivity contribution in [1.29, 1.82) is 0 Å². The number of pyridine rings is 1. The zero-order valence-corrected chi connectivity index (χ0v) is 8.92. The van der Waals surface area contributed by atoms with E-state index in [2.05, 4.69) is 15.6 Å². The van der Waals surface area contributed by atoms with E-state index in [4.69, 9.17) is 0 Å². The Hall–Kier alpha value is -1.91. The van der Waals surface area contributed by atoms with Crippen LogP contribution in [-0.4, -0.2) is 16.8 Å². The van der Waals surface area contributed by atoms with Gasteiger partial charge >= 0.3 is 0 Å². The lowest BCUT2D eigenvalue weighted by Gasteiger charge is -2.06. The minimum Gasteiger partial charge on any atom is -0.311 e. The van der Waals surface area contributed by atoms with Crippen LogP contribution in [0.25, 0.3) is 0 Å². The smallest absolute Gasteiger partial charge is 0.222 e. The van der Waals surface area contributed by atoms with Crippen LogP contribution in [0.5, 0.6) is 0 Å². The summed E-state index contributed by atoms with van der Waals surface area (Å²) in [5.41, 5.74) is 0.914. The van der Waals surface area contributed by atoms with Crippen LogP contribution in [0.4, 0.5) is 11.6 Å². The van der Waals surface area contributed by atoms with E-state index in [1.165, 1.54) is 13.8 Å². The Kier molecular flexibility index (Phi) is 3.38. The Morgan fingerprint density at radius 2 is 1.47 bits per heavy atom. The molecule has 0 saturated heterocycles. The molecule has 0 bridgehead atoms. The number of aromatic nitrogens is 1.